The van der Waals surface area contributed by atoms with E-state index in [1.165, 1.54) is 0 Å². The van der Waals surface area contributed by atoms with E-state index in [9.17, 15) is 9.90 Å². The van der Waals surface area contributed by atoms with Crippen molar-refractivity contribution in [3.05, 3.63) is 54.2 Å². The number of nitrogens with one attached hydrogen (secondary N) is 1. The number of aromatic nitrogens is 1. The van der Waals surface area contributed by atoms with Crippen LogP contribution in [0.1, 0.15) is 19.4 Å². The molecular weight excluding hydrogens is 366 g/mol. The number of likely N-dealkylation sites (N-methyl/N-ethyl adjacent to an activating group) is 1. The molecule has 3 rings (SSSR count). The summed E-state index contributed by atoms with van der Waals surface area (Å²) >= 11 is 0. The standard InChI is InChI=1S/C23H27N3O3/c1-4-26(5-2)13-12-24-23(28)29-21-15-25-22(17-7-9-18(27)10-8-17)19-11-6-16(3)14-20(19)21/h6-11,14-15,27H,4-5,12-13H2,1-3H3,(H,24,28). The normalized spacial score (nSPS) is 11.0. The highest BCUT2D eigenvalue weighted by atomic mass is 16.6. The molecule has 0 bridgehead atoms. The Morgan fingerprint density at radius 1 is 1.10 bits per heavy atom. The first-order valence-corrected chi connectivity index (χ1v) is 9.88. The van der Waals surface area contributed by atoms with E-state index in [4.69, 9.17) is 4.74 Å². The Morgan fingerprint density at radius 3 is 2.52 bits per heavy atom. The number of rotatable bonds is 7. The molecule has 0 saturated heterocycles. The van der Waals surface area contributed by atoms with Crippen molar-refractivity contribution in [3.8, 4) is 22.8 Å². The average molecular weight is 393 g/mol. The zero-order chi connectivity index (χ0) is 20.8. The number of phenols is 1. The third-order valence-corrected chi connectivity index (χ3v) is 4.94. The van der Waals surface area contributed by atoms with E-state index in [0.29, 0.717) is 12.3 Å². The molecule has 1 heterocycles. The van der Waals surface area contributed by atoms with Crippen molar-refractivity contribution < 1.29 is 14.6 Å². The van der Waals surface area contributed by atoms with Crippen LogP contribution in [0.4, 0.5) is 4.79 Å². The van der Waals surface area contributed by atoms with Crippen molar-refractivity contribution in [1.82, 2.24) is 15.2 Å². The van der Waals surface area contributed by atoms with Crippen LogP contribution in [0.25, 0.3) is 22.0 Å². The first-order valence-electron chi connectivity index (χ1n) is 9.88. The second-order valence-corrected chi connectivity index (χ2v) is 6.91. The lowest BCUT2D eigenvalue weighted by atomic mass is 10.0. The van der Waals surface area contributed by atoms with E-state index < -0.39 is 6.09 Å². The van der Waals surface area contributed by atoms with Crippen LogP contribution in [-0.2, 0) is 0 Å². The van der Waals surface area contributed by atoms with Gasteiger partial charge in [-0.3, -0.25) is 4.98 Å². The summed E-state index contributed by atoms with van der Waals surface area (Å²) in [5.41, 5.74) is 2.72. The van der Waals surface area contributed by atoms with E-state index in [1.54, 1.807) is 18.3 Å². The number of amides is 1. The summed E-state index contributed by atoms with van der Waals surface area (Å²) in [5.74, 6) is 0.627. The SMILES string of the molecule is CCN(CC)CCNC(=O)Oc1cnc(-c2ccc(O)cc2)c2ccc(C)cc12. The number of pyridine rings is 1. The van der Waals surface area contributed by atoms with Gasteiger partial charge in [0.05, 0.1) is 11.9 Å². The van der Waals surface area contributed by atoms with Gasteiger partial charge in [-0.05, 0) is 50.3 Å². The van der Waals surface area contributed by atoms with Gasteiger partial charge in [-0.2, -0.15) is 0 Å². The Kier molecular flexibility index (Phi) is 6.67. The summed E-state index contributed by atoms with van der Waals surface area (Å²) in [5, 5.41) is 14.1. The van der Waals surface area contributed by atoms with Crippen LogP contribution in [0.15, 0.2) is 48.7 Å². The number of carbonyl (C=O) groups is 1. The number of nitrogens with zero attached hydrogens (tertiary/aromatic N) is 2. The number of hydrogen-bond acceptors (Lipinski definition) is 5. The lowest BCUT2D eigenvalue weighted by molar-refractivity contribution is 0.198. The maximum Gasteiger partial charge on any atom is 0.412 e. The highest BCUT2D eigenvalue weighted by molar-refractivity contribution is 5.99. The Labute approximate surface area is 171 Å². The Bertz CT molecular complexity index is 983. The topological polar surface area (TPSA) is 74.7 Å². The molecule has 29 heavy (non-hydrogen) atoms. The molecule has 1 aromatic heterocycles. The fourth-order valence-electron chi connectivity index (χ4n) is 3.25. The van der Waals surface area contributed by atoms with E-state index >= 15 is 0 Å². The number of phenolic OH excluding ortho intramolecular Hbond substituents is 1. The Hall–Kier alpha value is -3.12. The molecular formula is C23H27N3O3. The van der Waals surface area contributed by atoms with Crippen LogP contribution in [0.2, 0.25) is 0 Å². The smallest absolute Gasteiger partial charge is 0.412 e. The second-order valence-electron chi connectivity index (χ2n) is 6.91. The highest BCUT2D eigenvalue weighted by Crippen LogP contribution is 2.33. The molecule has 0 aliphatic rings. The molecule has 6 heteroatoms. The van der Waals surface area contributed by atoms with Crippen molar-refractivity contribution in [3.63, 3.8) is 0 Å². The number of carbonyl (C=O) groups excluding carboxylic acids is 1. The van der Waals surface area contributed by atoms with E-state index in [0.717, 1.165) is 47.2 Å². The van der Waals surface area contributed by atoms with E-state index in [-0.39, 0.29) is 5.75 Å². The van der Waals surface area contributed by atoms with Crippen molar-refractivity contribution in [2.45, 2.75) is 20.8 Å². The van der Waals surface area contributed by atoms with Gasteiger partial charge in [0.1, 0.15) is 5.75 Å². The fraction of sp³-hybridized carbons (Fsp3) is 0.304. The predicted octanol–water partition coefficient (Wildman–Crippen LogP) is 4.35. The van der Waals surface area contributed by atoms with E-state index in [2.05, 4.69) is 29.0 Å². The summed E-state index contributed by atoms with van der Waals surface area (Å²) in [7, 11) is 0. The summed E-state index contributed by atoms with van der Waals surface area (Å²) in [6.45, 7) is 9.37. The van der Waals surface area contributed by atoms with Crippen molar-refractivity contribution in [2.24, 2.45) is 0 Å². The number of aromatic hydroxyl groups is 1. The maximum atomic E-state index is 12.3. The molecule has 0 unspecified atom stereocenters. The number of hydrogen-bond donors (Lipinski definition) is 2. The Morgan fingerprint density at radius 2 is 1.83 bits per heavy atom. The van der Waals surface area contributed by atoms with E-state index in [1.807, 2.05) is 37.3 Å². The van der Waals surface area contributed by atoms with Gasteiger partial charge in [0.15, 0.2) is 5.75 Å². The molecule has 6 nitrogen and oxygen atoms in total. The van der Waals surface area contributed by atoms with Gasteiger partial charge in [0.25, 0.3) is 0 Å². The first kappa shape index (κ1) is 20.6. The monoisotopic (exact) mass is 393 g/mol. The lowest BCUT2D eigenvalue weighted by Gasteiger charge is -2.18. The number of benzene rings is 2. The minimum absolute atomic E-state index is 0.204. The average Bonchev–Trinajstić information content (AvgIpc) is 2.72. The van der Waals surface area contributed by atoms with Crippen molar-refractivity contribution in [1.29, 1.82) is 0 Å². The minimum Gasteiger partial charge on any atom is -0.508 e. The van der Waals surface area contributed by atoms with Crippen LogP contribution in [-0.4, -0.2) is 47.3 Å². The molecule has 0 fully saturated rings. The summed E-state index contributed by atoms with van der Waals surface area (Å²) in [6, 6.07) is 12.9. The van der Waals surface area contributed by atoms with Crippen LogP contribution >= 0.6 is 0 Å². The van der Waals surface area contributed by atoms with Gasteiger partial charge < -0.3 is 20.1 Å². The van der Waals surface area contributed by atoms with Crippen LogP contribution < -0.4 is 10.1 Å². The number of fused-ring (bicyclic) bond motifs is 1. The third-order valence-electron chi connectivity index (χ3n) is 4.94. The molecule has 0 aliphatic heterocycles. The summed E-state index contributed by atoms with van der Waals surface area (Å²) in [4.78, 5) is 19.0. The zero-order valence-electron chi connectivity index (χ0n) is 17.1. The molecule has 0 aliphatic carbocycles. The largest absolute Gasteiger partial charge is 0.508 e. The summed E-state index contributed by atoms with van der Waals surface area (Å²) in [6.07, 6.45) is 1.09. The second kappa shape index (κ2) is 9.39. The molecule has 152 valence electrons. The van der Waals surface area contributed by atoms with Crippen molar-refractivity contribution in [2.75, 3.05) is 26.2 Å². The zero-order valence-corrected chi connectivity index (χ0v) is 17.1. The molecule has 2 N–H and O–H groups in total. The van der Waals surface area contributed by atoms with Gasteiger partial charge in [0, 0.05) is 29.4 Å². The molecule has 3 aromatic rings. The van der Waals surface area contributed by atoms with Gasteiger partial charge in [-0.25, -0.2) is 4.79 Å². The van der Waals surface area contributed by atoms with Gasteiger partial charge in [0.2, 0.25) is 0 Å². The first-order chi connectivity index (χ1) is 14.0. The van der Waals surface area contributed by atoms with Gasteiger partial charge in [-0.1, -0.05) is 31.5 Å². The highest BCUT2D eigenvalue weighted by Gasteiger charge is 2.14. The Balaban J connectivity index is 1.84. The number of aryl methyl sites for hydroxylation is 1. The minimum atomic E-state index is -0.487. The number of ether oxygens (including phenoxy) is 1. The van der Waals surface area contributed by atoms with Crippen molar-refractivity contribution >= 4 is 16.9 Å². The molecule has 0 saturated carbocycles. The van der Waals surface area contributed by atoms with Gasteiger partial charge in [-0.15, -0.1) is 0 Å². The van der Waals surface area contributed by atoms with Crippen LogP contribution in [0.3, 0.4) is 0 Å². The maximum absolute atomic E-state index is 12.3. The predicted molar refractivity (Wildman–Crippen MR) is 115 cm³/mol. The molecule has 0 spiro atoms. The molecule has 1 amide bonds. The molecule has 2 aromatic carbocycles. The fourth-order valence-corrected chi connectivity index (χ4v) is 3.25. The lowest BCUT2D eigenvalue weighted by Crippen LogP contribution is -2.36. The van der Waals surface area contributed by atoms with Crippen LogP contribution in [0, 0.1) is 6.92 Å². The molecule has 0 radical (unpaired) electrons. The van der Waals surface area contributed by atoms with Gasteiger partial charge >= 0.3 is 6.09 Å². The molecule has 0 atom stereocenters. The van der Waals surface area contributed by atoms with Crippen LogP contribution in [0.5, 0.6) is 11.5 Å². The third kappa shape index (κ3) is 5.03. The quantitative estimate of drug-likeness (QED) is 0.624. The summed E-state index contributed by atoms with van der Waals surface area (Å²) < 4.78 is 5.57.